The Bertz CT molecular complexity index is 786. The molecule has 2 aromatic rings. The lowest BCUT2D eigenvalue weighted by molar-refractivity contribution is -0.124. The van der Waals surface area contributed by atoms with E-state index < -0.39 is 0 Å². The third-order valence-corrected chi connectivity index (χ3v) is 5.05. The number of carbonyl (C=O) groups is 2. The highest BCUT2D eigenvalue weighted by atomic mass is 19.1. The molecule has 1 amide bonds. The summed E-state index contributed by atoms with van der Waals surface area (Å²) in [6.07, 6.45) is 4.55. The zero-order valence-electron chi connectivity index (χ0n) is 15.4. The minimum absolute atomic E-state index is 0.0471. The van der Waals surface area contributed by atoms with Crippen LogP contribution in [-0.4, -0.2) is 24.3 Å². The molecule has 2 aromatic carbocycles. The van der Waals surface area contributed by atoms with Crippen molar-refractivity contribution in [1.82, 2.24) is 5.32 Å². The lowest BCUT2D eigenvalue weighted by Gasteiger charge is -2.29. The first kappa shape index (κ1) is 19.1. The third-order valence-electron chi connectivity index (χ3n) is 5.05. The Labute approximate surface area is 158 Å². The summed E-state index contributed by atoms with van der Waals surface area (Å²) in [7, 11) is 0. The van der Waals surface area contributed by atoms with Gasteiger partial charge in [-0.2, -0.15) is 0 Å². The maximum absolute atomic E-state index is 13.0. The number of ketones is 1. The maximum Gasteiger partial charge on any atom is 0.258 e. The van der Waals surface area contributed by atoms with Gasteiger partial charge in [-0.3, -0.25) is 9.59 Å². The standard InChI is InChI=1S/C22H24FNO3/c1-15-4-2-3-5-20(15)24-21(25)14-27-19-12-8-17(9-13-19)22(26)16-6-10-18(23)11-7-16/h6-13,15,20H,2-5,14H2,1H3,(H,24,25)/t15-,20+/m1/s1. The van der Waals surface area contributed by atoms with Crippen LogP contribution >= 0.6 is 0 Å². The number of carbonyl (C=O) groups excluding carboxylic acids is 2. The molecule has 142 valence electrons. The van der Waals surface area contributed by atoms with Gasteiger partial charge in [-0.15, -0.1) is 0 Å². The highest BCUT2D eigenvalue weighted by Crippen LogP contribution is 2.23. The van der Waals surface area contributed by atoms with E-state index >= 15 is 0 Å². The second-order valence-electron chi connectivity index (χ2n) is 7.08. The van der Waals surface area contributed by atoms with Crippen LogP contribution < -0.4 is 10.1 Å². The summed E-state index contributed by atoms with van der Waals surface area (Å²) in [4.78, 5) is 24.5. The van der Waals surface area contributed by atoms with Gasteiger partial charge in [0.1, 0.15) is 11.6 Å². The molecule has 3 rings (SSSR count). The minimum Gasteiger partial charge on any atom is -0.484 e. The molecule has 0 heterocycles. The number of nitrogens with one attached hydrogen (secondary N) is 1. The van der Waals surface area contributed by atoms with Crippen LogP contribution in [0.3, 0.4) is 0 Å². The van der Waals surface area contributed by atoms with Crippen LogP contribution in [0, 0.1) is 11.7 Å². The summed E-state index contributed by atoms with van der Waals surface area (Å²) < 4.78 is 18.5. The summed E-state index contributed by atoms with van der Waals surface area (Å²) in [6, 6.07) is 12.3. The molecule has 0 spiro atoms. The number of amides is 1. The molecule has 1 aliphatic rings. The molecule has 1 saturated carbocycles. The monoisotopic (exact) mass is 369 g/mol. The van der Waals surface area contributed by atoms with E-state index in [1.807, 2.05) is 0 Å². The van der Waals surface area contributed by atoms with Gasteiger partial charge >= 0.3 is 0 Å². The smallest absolute Gasteiger partial charge is 0.258 e. The van der Waals surface area contributed by atoms with Crippen molar-refractivity contribution in [3.05, 3.63) is 65.5 Å². The maximum atomic E-state index is 13.0. The fourth-order valence-electron chi connectivity index (χ4n) is 3.40. The van der Waals surface area contributed by atoms with E-state index in [9.17, 15) is 14.0 Å². The Morgan fingerprint density at radius 3 is 2.22 bits per heavy atom. The average Bonchev–Trinajstić information content (AvgIpc) is 2.69. The van der Waals surface area contributed by atoms with Crippen LogP contribution in [0.4, 0.5) is 4.39 Å². The van der Waals surface area contributed by atoms with Gasteiger partial charge in [-0.1, -0.05) is 19.8 Å². The number of rotatable bonds is 6. The minimum atomic E-state index is -0.379. The SMILES string of the molecule is C[C@@H]1CCCC[C@@H]1NC(=O)COc1ccc(C(=O)c2ccc(F)cc2)cc1. The first-order valence-electron chi connectivity index (χ1n) is 9.35. The lowest BCUT2D eigenvalue weighted by atomic mass is 9.86. The fraction of sp³-hybridized carbons (Fsp3) is 0.364. The van der Waals surface area contributed by atoms with Crippen molar-refractivity contribution >= 4 is 11.7 Å². The molecule has 27 heavy (non-hydrogen) atoms. The Kier molecular flexibility index (Phi) is 6.22. The van der Waals surface area contributed by atoms with Crippen LogP contribution in [0.1, 0.15) is 48.5 Å². The van der Waals surface area contributed by atoms with E-state index in [4.69, 9.17) is 4.74 Å². The van der Waals surface area contributed by atoms with Crippen LogP contribution in [0.25, 0.3) is 0 Å². The van der Waals surface area contributed by atoms with Crippen molar-refractivity contribution in [2.45, 2.75) is 38.6 Å². The van der Waals surface area contributed by atoms with Crippen molar-refractivity contribution in [2.24, 2.45) is 5.92 Å². The van der Waals surface area contributed by atoms with E-state index in [2.05, 4.69) is 12.2 Å². The summed E-state index contributed by atoms with van der Waals surface area (Å²) in [5.74, 6) is 0.332. The Morgan fingerprint density at radius 2 is 1.59 bits per heavy atom. The molecule has 0 unspecified atom stereocenters. The number of ether oxygens (including phenoxy) is 1. The highest BCUT2D eigenvalue weighted by molar-refractivity contribution is 6.09. The molecular weight excluding hydrogens is 345 g/mol. The quantitative estimate of drug-likeness (QED) is 0.779. The van der Waals surface area contributed by atoms with Gasteiger partial charge in [0.25, 0.3) is 5.91 Å². The first-order chi connectivity index (χ1) is 13.0. The molecule has 1 fully saturated rings. The van der Waals surface area contributed by atoms with Gasteiger partial charge in [0.05, 0.1) is 0 Å². The number of hydrogen-bond donors (Lipinski definition) is 1. The largest absolute Gasteiger partial charge is 0.484 e. The van der Waals surface area contributed by atoms with Crippen molar-refractivity contribution < 1.29 is 18.7 Å². The molecule has 0 radical (unpaired) electrons. The van der Waals surface area contributed by atoms with Gasteiger partial charge in [-0.25, -0.2) is 4.39 Å². The van der Waals surface area contributed by atoms with E-state index in [-0.39, 0.29) is 30.2 Å². The van der Waals surface area contributed by atoms with Crippen molar-refractivity contribution in [1.29, 1.82) is 0 Å². The van der Waals surface area contributed by atoms with Crippen molar-refractivity contribution in [3.63, 3.8) is 0 Å². The van der Waals surface area contributed by atoms with E-state index in [0.717, 1.165) is 19.3 Å². The number of halogens is 1. The van der Waals surface area contributed by atoms with E-state index in [1.54, 1.807) is 24.3 Å². The zero-order valence-corrected chi connectivity index (χ0v) is 15.4. The van der Waals surface area contributed by atoms with Crippen molar-refractivity contribution in [3.8, 4) is 5.75 Å². The van der Waals surface area contributed by atoms with Gasteiger partial charge in [0.15, 0.2) is 12.4 Å². The molecule has 0 bridgehead atoms. The molecule has 0 aliphatic heterocycles. The molecule has 0 saturated heterocycles. The Hall–Kier alpha value is -2.69. The third kappa shape index (κ3) is 5.16. The summed E-state index contributed by atoms with van der Waals surface area (Å²) >= 11 is 0. The molecule has 4 nitrogen and oxygen atoms in total. The van der Waals surface area contributed by atoms with Crippen molar-refractivity contribution in [2.75, 3.05) is 6.61 Å². The van der Waals surface area contributed by atoms with Crippen LogP contribution in [0.2, 0.25) is 0 Å². The first-order valence-corrected chi connectivity index (χ1v) is 9.35. The normalized spacial score (nSPS) is 19.3. The predicted molar refractivity (Wildman–Crippen MR) is 101 cm³/mol. The topological polar surface area (TPSA) is 55.4 Å². The molecule has 1 aliphatic carbocycles. The number of benzene rings is 2. The highest BCUT2D eigenvalue weighted by Gasteiger charge is 2.22. The zero-order chi connectivity index (χ0) is 19.2. The van der Waals surface area contributed by atoms with Crippen LogP contribution in [0.15, 0.2) is 48.5 Å². The lowest BCUT2D eigenvalue weighted by Crippen LogP contribution is -2.43. The van der Waals surface area contributed by atoms with E-state index in [0.29, 0.717) is 22.8 Å². The Morgan fingerprint density at radius 1 is 1.00 bits per heavy atom. The second kappa shape index (κ2) is 8.80. The summed E-state index contributed by atoms with van der Waals surface area (Å²) in [5, 5.41) is 3.05. The molecule has 5 heteroatoms. The molecule has 1 N–H and O–H groups in total. The molecular formula is C22H24FNO3. The molecule has 2 atom stereocenters. The second-order valence-corrected chi connectivity index (χ2v) is 7.08. The van der Waals surface area contributed by atoms with Gasteiger partial charge in [0, 0.05) is 17.2 Å². The average molecular weight is 369 g/mol. The predicted octanol–water partition coefficient (Wildman–Crippen LogP) is 4.13. The van der Waals surface area contributed by atoms with E-state index in [1.165, 1.54) is 30.7 Å². The van der Waals surface area contributed by atoms with Gasteiger partial charge in [0.2, 0.25) is 0 Å². The van der Waals surface area contributed by atoms with Crippen LogP contribution in [0.5, 0.6) is 5.75 Å². The Balaban J connectivity index is 1.52. The summed E-state index contributed by atoms with van der Waals surface area (Å²) in [6.45, 7) is 2.12. The fourth-order valence-corrected chi connectivity index (χ4v) is 3.40. The van der Waals surface area contributed by atoms with Crippen LogP contribution in [-0.2, 0) is 4.79 Å². The number of hydrogen-bond acceptors (Lipinski definition) is 3. The summed E-state index contributed by atoms with van der Waals surface area (Å²) in [5.41, 5.74) is 0.903. The van der Waals surface area contributed by atoms with Gasteiger partial charge in [-0.05, 0) is 67.3 Å². The van der Waals surface area contributed by atoms with Gasteiger partial charge < -0.3 is 10.1 Å². The molecule has 0 aromatic heterocycles.